The molecule has 30 heavy (non-hydrogen) atoms. The van der Waals surface area contributed by atoms with E-state index in [1.807, 2.05) is 0 Å². The zero-order valence-electron chi connectivity index (χ0n) is 16.4. The number of hydrogen-bond donors (Lipinski definition) is 1. The summed E-state index contributed by atoms with van der Waals surface area (Å²) in [5, 5.41) is 0.285. The number of rotatable bonds is 3. The third-order valence-electron chi connectivity index (χ3n) is 6.20. The first-order valence-corrected chi connectivity index (χ1v) is 10.2. The van der Waals surface area contributed by atoms with Crippen LogP contribution in [-0.2, 0) is 0 Å². The van der Waals surface area contributed by atoms with E-state index in [-0.39, 0.29) is 16.9 Å². The lowest BCUT2D eigenvalue weighted by Gasteiger charge is -2.38. The van der Waals surface area contributed by atoms with Gasteiger partial charge in [0.25, 0.3) is 5.56 Å². The van der Waals surface area contributed by atoms with E-state index in [4.69, 9.17) is 0 Å². The highest BCUT2D eigenvalue weighted by Crippen LogP contribution is 2.36. The molecule has 0 radical (unpaired) electrons. The van der Waals surface area contributed by atoms with Gasteiger partial charge in [0, 0.05) is 38.1 Å². The Kier molecular flexibility index (Phi) is 4.90. The molecule has 1 saturated heterocycles. The van der Waals surface area contributed by atoms with Crippen molar-refractivity contribution in [1.29, 1.82) is 0 Å². The number of H-pyrrole nitrogens is 1. The molecule has 0 amide bonds. The molecule has 3 aromatic rings. The van der Waals surface area contributed by atoms with Gasteiger partial charge in [0.1, 0.15) is 11.6 Å². The van der Waals surface area contributed by atoms with Crippen LogP contribution < -0.4 is 10.5 Å². The molecule has 1 aliphatic carbocycles. The van der Waals surface area contributed by atoms with Gasteiger partial charge in [-0.15, -0.1) is 0 Å². The average molecular weight is 412 g/mol. The summed E-state index contributed by atoms with van der Waals surface area (Å²) in [6.45, 7) is 3.37. The first-order chi connectivity index (χ1) is 14.6. The van der Waals surface area contributed by atoms with Crippen molar-refractivity contribution in [1.82, 2.24) is 24.8 Å². The minimum atomic E-state index is -0.436. The summed E-state index contributed by atoms with van der Waals surface area (Å²) in [6.07, 6.45) is 5.33. The maximum Gasteiger partial charge on any atom is 0.258 e. The number of benzene rings is 1. The number of nitrogens with zero attached hydrogens (tertiary/aromatic N) is 5. The Morgan fingerprint density at radius 2 is 1.77 bits per heavy atom. The largest absolute Gasteiger partial charge is 0.338 e. The molecule has 0 spiro atoms. The van der Waals surface area contributed by atoms with E-state index in [1.165, 1.54) is 24.5 Å². The summed E-state index contributed by atoms with van der Waals surface area (Å²) in [6, 6.07) is 4.56. The third-order valence-corrected chi connectivity index (χ3v) is 6.20. The number of hydrogen-bond acceptors (Lipinski definition) is 6. The van der Waals surface area contributed by atoms with Gasteiger partial charge in [-0.3, -0.25) is 9.69 Å². The lowest BCUT2D eigenvalue weighted by molar-refractivity contribution is 0.185. The number of halogens is 2. The Balaban J connectivity index is 1.24. The highest BCUT2D eigenvalue weighted by Gasteiger charge is 2.33. The fraction of sp³-hybridized carbons (Fsp3) is 0.429. The molecular formula is C21H22F2N6O. The molecule has 0 bridgehead atoms. The summed E-state index contributed by atoms with van der Waals surface area (Å²) in [5.41, 5.74) is 0.248. The average Bonchev–Trinajstić information content (AvgIpc) is 3.25. The van der Waals surface area contributed by atoms with Gasteiger partial charge >= 0.3 is 0 Å². The van der Waals surface area contributed by atoms with Crippen LogP contribution in [0.5, 0.6) is 0 Å². The van der Waals surface area contributed by atoms with Crippen LogP contribution in [0.2, 0.25) is 0 Å². The number of aromatic nitrogens is 4. The van der Waals surface area contributed by atoms with E-state index in [0.29, 0.717) is 23.3 Å². The Morgan fingerprint density at radius 3 is 2.53 bits per heavy atom. The molecule has 1 aromatic carbocycles. The van der Waals surface area contributed by atoms with Crippen LogP contribution in [0.3, 0.4) is 0 Å². The zero-order chi connectivity index (χ0) is 20.7. The number of fused-ring (bicyclic) bond motifs is 1. The fourth-order valence-electron chi connectivity index (χ4n) is 4.62. The van der Waals surface area contributed by atoms with E-state index in [0.717, 1.165) is 45.4 Å². The molecule has 1 N–H and O–H groups in total. The van der Waals surface area contributed by atoms with Crippen molar-refractivity contribution in [3.05, 3.63) is 58.4 Å². The number of nitrogens with one attached hydrogen (secondary N) is 1. The van der Waals surface area contributed by atoms with Gasteiger partial charge in [-0.1, -0.05) is 0 Å². The summed E-state index contributed by atoms with van der Waals surface area (Å²) >= 11 is 0. The van der Waals surface area contributed by atoms with Crippen molar-refractivity contribution < 1.29 is 8.78 Å². The second-order valence-electron chi connectivity index (χ2n) is 8.00. The zero-order valence-corrected chi connectivity index (χ0v) is 16.4. The smallest absolute Gasteiger partial charge is 0.258 e. The van der Waals surface area contributed by atoms with E-state index in [2.05, 4.69) is 29.7 Å². The van der Waals surface area contributed by atoms with Crippen LogP contribution in [0, 0.1) is 11.6 Å². The van der Waals surface area contributed by atoms with E-state index in [1.54, 1.807) is 6.07 Å². The molecule has 3 heterocycles. The number of anilines is 1. The summed E-state index contributed by atoms with van der Waals surface area (Å²) < 4.78 is 26.4. The standard InChI is InChI=1S/C21H22F2N6O/c22-14-2-4-18-17(10-14)20(30)27-19(26-18)13-1-3-16(9-13)28-5-7-29(8-6-28)21-24-11-15(23)12-25-21/h2,4,10-13,16H,1,3,5-9H2,(H,26,27,30)/t13-,16+/m1/s1. The van der Waals surface area contributed by atoms with Crippen molar-refractivity contribution in [2.24, 2.45) is 0 Å². The van der Waals surface area contributed by atoms with E-state index >= 15 is 0 Å². The minimum absolute atomic E-state index is 0.190. The Bertz CT molecular complexity index is 1110. The molecule has 5 rings (SSSR count). The van der Waals surface area contributed by atoms with Gasteiger partial charge in [-0.2, -0.15) is 0 Å². The molecule has 0 unspecified atom stereocenters. The highest BCUT2D eigenvalue weighted by molar-refractivity contribution is 5.77. The first kappa shape index (κ1) is 19.0. The fourth-order valence-corrected chi connectivity index (χ4v) is 4.62. The van der Waals surface area contributed by atoms with Gasteiger partial charge in [0.05, 0.1) is 23.3 Å². The molecule has 2 atom stereocenters. The topological polar surface area (TPSA) is 78.0 Å². The Hall–Kier alpha value is -2.94. The number of aromatic amines is 1. The second kappa shape index (κ2) is 7.71. The SMILES string of the molecule is O=c1[nH]c([C@@H]2CC[C@H](N3CCN(c4ncc(F)cn4)CC3)C2)nc2ccc(F)cc12. The third kappa shape index (κ3) is 3.65. The van der Waals surface area contributed by atoms with Crippen LogP contribution in [-0.4, -0.2) is 57.1 Å². The van der Waals surface area contributed by atoms with E-state index < -0.39 is 11.6 Å². The Morgan fingerprint density at radius 1 is 1.00 bits per heavy atom. The normalized spacial score (nSPS) is 22.7. The predicted octanol–water partition coefficient (Wildman–Crippen LogP) is 2.45. The van der Waals surface area contributed by atoms with Gasteiger partial charge in [0.15, 0.2) is 5.82 Å². The van der Waals surface area contributed by atoms with Crippen LogP contribution in [0.4, 0.5) is 14.7 Å². The van der Waals surface area contributed by atoms with Crippen molar-refractivity contribution in [3.8, 4) is 0 Å². The molecule has 1 aliphatic heterocycles. The van der Waals surface area contributed by atoms with Crippen molar-refractivity contribution in [2.75, 3.05) is 31.1 Å². The molecule has 7 nitrogen and oxygen atoms in total. The van der Waals surface area contributed by atoms with Gasteiger partial charge in [-0.05, 0) is 37.5 Å². The number of piperazine rings is 1. The van der Waals surface area contributed by atoms with Crippen molar-refractivity contribution in [3.63, 3.8) is 0 Å². The Labute approximate surface area is 171 Å². The monoisotopic (exact) mass is 412 g/mol. The van der Waals surface area contributed by atoms with Crippen LogP contribution >= 0.6 is 0 Å². The van der Waals surface area contributed by atoms with Gasteiger partial charge < -0.3 is 9.88 Å². The van der Waals surface area contributed by atoms with Crippen LogP contribution in [0.25, 0.3) is 10.9 Å². The molecule has 156 valence electrons. The predicted molar refractivity (Wildman–Crippen MR) is 108 cm³/mol. The van der Waals surface area contributed by atoms with Crippen LogP contribution in [0.1, 0.15) is 31.0 Å². The molecule has 1 saturated carbocycles. The summed E-state index contributed by atoms with van der Waals surface area (Å²) in [4.78, 5) is 32.5. The van der Waals surface area contributed by atoms with Crippen LogP contribution in [0.15, 0.2) is 35.4 Å². The van der Waals surface area contributed by atoms with E-state index in [9.17, 15) is 13.6 Å². The van der Waals surface area contributed by atoms with Crippen molar-refractivity contribution in [2.45, 2.75) is 31.2 Å². The highest BCUT2D eigenvalue weighted by atomic mass is 19.1. The molecule has 2 aromatic heterocycles. The minimum Gasteiger partial charge on any atom is -0.338 e. The lowest BCUT2D eigenvalue weighted by Crippen LogP contribution is -2.50. The van der Waals surface area contributed by atoms with Gasteiger partial charge in [-0.25, -0.2) is 23.7 Å². The molecule has 9 heteroatoms. The maximum atomic E-state index is 13.4. The lowest BCUT2D eigenvalue weighted by atomic mass is 10.1. The summed E-state index contributed by atoms with van der Waals surface area (Å²) in [5.74, 6) is 0.582. The summed E-state index contributed by atoms with van der Waals surface area (Å²) in [7, 11) is 0. The quantitative estimate of drug-likeness (QED) is 0.712. The maximum absolute atomic E-state index is 13.4. The second-order valence-corrected chi connectivity index (χ2v) is 8.00. The molecular weight excluding hydrogens is 390 g/mol. The van der Waals surface area contributed by atoms with Crippen molar-refractivity contribution >= 4 is 16.9 Å². The first-order valence-electron chi connectivity index (χ1n) is 10.2. The van der Waals surface area contributed by atoms with Gasteiger partial charge in [0.2, 0.25) is 5.95 Å². The molecule has 2 fully saturated rings. The molecule has 2 aliphatic rings.